The molecule has 0 aliphatic heterocycles. The topological polar surface area (TPSA) is 104 Å². The fourth-order valence-electron chi connectivity index (χ4n) is 0.102. The molecule has 0 amide bonds. The van der Waals surface area contributed by atoms with Crippen molar-refractivity contribution in [2.24, 2.45) is 0 Å². The minimum atomic E-state index is -4.82. The van der Waals surface area contributed by atoms with Crippen LogP contribution in [-0.2, 0) is 26.4 Å². The Morgan fingerprint density at radius 2 is 1.80 bits per heavy atom. The van der Waals surface area contributed by atoms with E-state index in [-0.39, 0.29) is 58.0 Å². The van der Waals surface area contributed by atoms with E-state index in [0.29, 0.717) is 0 Å². The monoisotopic (exact) mass is 236 g/mol. The van der Waals surface area contributed by atoms with E-state index < -0.39 is 14.0 Å². The van der Waals surface area contributed by atoms with Gasteiger partial charge in [-0.05, 0) is 0 Å². The average Bonchev–Trinajstić information content (AvgIpc) is 1.21. The Morgan fingerprint density at radius 1 is 1.50 bits per heavy atom. The molecule has 9 heteroatoms. The molecule has 0 saturated heterocycles. The van der Waals surface area contributed by atoms with Crippen LogP contribution < -0.4 is 0 Å². The zero-order valence-corrected chi connectivity index (χ0v) is 9.01. The maximum absolute atomic E-state index is 9.53. The molecular weight excluding hydrogens is 231 g/mol. The number of phosphoric ester groups is 1. The summed E-state index contributed by atoms with van der Waals surface area (Å²) in [5, 5.41) is 7.53. The van der Waals surface area contributed by atoms with Gasteiger partial charge in [-0.25, -0.2) is 9.36 Å². The normalized spacial score (nSPS) is 8.60. The third-order valence-corrected chi connectivity index (χ3v) is 0.591. The van der Waals surface area contributed by atoms with Gasteiger partial charge in [0.1, 0.15) is 0 Å². The second kappa shape index (κ2) is 6.89. The molecule has 0 radical (unpaired) electrons. The first-order valence-corrected chi connectivity index (χ1v) is 2.93. The predicted molar refractivity (Wildman–Crippen MR) is 29.1 cm³/mol. The van der Waals surface area contributed by atoms with Crippen LogP contribution in [0.15, 0.2) is 0 Å². The quantitative estimate of drug-likeness (QED) is 0.423. The fraction of sp³-hybridized carbons (Fsp3) is 0. The van der Waals surface area contributed by atoms with E-state index in [1.165, 1.54) is 0 Å². The molecule has 0 aliphatic rings. The van der Waals surface area contributed by atoms with E-state index in [4.69, 9.17) is 14.9 Å². The third kappa shape index (κ3) is 16.1. The van der Waals surface area contributed by atoms with Crippen molar-refractivity contribution in [2.75, 3.05) is 0 Å². The molecule has 0 aromatic carbocycles. The zero-order valence-electron chi connectivity index (χ0n) is 6.63. The van der Waals surface area contributed by atoms with Gasteiger partial charge in [0, 0.05) is 17.4 Å². The van der Waals surface area contributed by atoms with Crippen LogP contribution in [-0.4, -0.2) is 58.8 Å². The van der Waals surface area contributed by atoms with Gasteiger partial charge in [0.2, 0.25) is 0 Å². The van der Waals surface area contributed by atoms with Crippen molar-refractivity contribution in [3.05, 3.63) is 0 Å². The van der Waals surface area contributed by atoms with Crippen molar-refractivity contribution in [3.63, 3.8) is 0 Å². The molecule has 6 nitrogen and oxygen atoms in total. The molecule has 0 unspecified atom stereocenters. The smallest absolute Gasteiger partial charge is 1.00 e. The summed E-state index contributed by atoms with van der Waals surface area (Å²) in [5.41, 5.74) is 0. The minimum absolute atomic E-state index is 0. The van der Waals surface area contributed by atoms with Gasteiger partial charge in [-0.1, -0.05) is 0 Å². The first kappa shape index (κ1) is 17.3. The molecule has 0 fully saturated rings. The van der Waals surface area contributed by atoms with Gasteiger partial charge in [-0.15, -0.1) is 0 Å². The summed E-state index contributed by atoms with van der Waals surface area (Å²) in [6.45, 7) is 0. The molecule has 0 atom stereocenters. The van der Waals surface area contributed by atoms with Gasteiger partial charge < -0.3 is 12.5 Å². The Kier molecular flexibility index (Phi) is 12.0. The number of hydrogen-bond donors (Lipinski definition) is 3. The summed E-state index contributed by atoms with van der Waals surface area (Å²) >= 11 is 0. The van der Waals surface area contributed by atoms with Crippen molar-refractivity contribution in [2.45, 2.75) is 0 Å². The van der Waals surface area contributed by atoms with Gasteiger partial charge in [0.05, 0.1) is 0 Å². The Bertz CT molecular complexity index is 148. The molecule has 0 aromatic heterocycles. The van der Waals surface area contributed by atoms with Crippen LogP contribution in [0, 0.1) is 0 Å². The largest absolute Gasteiger partial charge is 2.00 e. The summed E-state index contributed by atoms with van der Waals surface area (Å²) in [4.78, 5) is 24.7. The van der Waals surface area contributed by atoms with Crippen molar-refractivity contribution in [3.8, 4) is 0 Å². The van der Waals surface area contributed by atoms with Crippen molar-refractivity contribution in [1.82, 2.24) is 0 Å². The van der Waals surface area contributed by atoms with E-state index in [9.17, 15) is 9.36 Å². The molecular formula is CH5CaCrO6P. The predicted octanol–water partition coefficient (Wildman–Crippen LogP) is -0.385. The van der Waals surface area contributed by atoms with Gasteiger partial charge >= 0.3 is 51.7 Å². The Morgan fingerprint density at radius 3 is 1.80 bits per heavy atom. The van der Waals surface area contributed by atoms with E-state index >= 15 is 0 Å². The molecule has 0 aromatic rings. The minimum Gasteiger partial charge on any atom is -1.00 e. The Labute approximate surface area is 99.9 Å². The van der Waals surface area contributed by atoms with E-state index in [2.05, 4.69) is 4.52 Å². The van der Waals surface area contributed by atoms with E-state index in [1.54, 1.807) is 0 Å². The molecule has 0 heterocycles. The van der Waals surface area contributed by atoms with Crippen molar-refractivity contribution >= 4 is 51.7 Å². The molecule has 0 bridgehead atoms. The standard InChI is InChI=1S/CH3O6P.Ca.Cr.2H/c2-1(3)7-8(4,5)6;;;;/h(H,2,3)(H2,4,5,6);;;;/q;+2;;2*-1. The van der Waals surface area contributed by atoms with Crippen LogP contribution in [0.4, 0.5) is 4.79 Å². The summed E-state index contributed by atoms with van der Waals surface area (Å²) in [6, 6.07) is 0. The first-order chi connectivity index (χ1) is 3.42. The third-order valence-electron chi connectivity index (χ3n) is 0.197. The molecule has 0 spiro atoms. The van der Waals surface area contributed by atoms with Crippen LogP contribution >= 0.6 is 7.82 Å². The number of carbonyl (C=O) groups is 1. The summed E-state index contributed by atoms with van der Waals surface area (Å²) in [5.74, 6) is 0. The molecule has 3 N–H and O–H groups in total. The summed E-state index contributed by atoms with van der Waals surface area (Å²) < 4.78 is 12.6. The number of phosphoric acid groups is 1. The molecule has 10 heavy (non-hydrogen) atoms. The SMILES string of the molecule is O=C(O)OP(=O)(O)O.[Ca+2].[Cr].[H-].[H-]. The van der Waals surface area contributed by atoms with Crippen LogP contribution in [0.1, 0.15) is 2.85 Å². The molecule has 0 aliphatic carbocycles. The Balaban J connectivity index is -0.0000000408. The van der Waals surface area contributed by atoms with Crippen LogP contribution in [0.2, 0.25) is 0 Å². The second-order valence-electron chi connectivity index (χ2n) is 0.848. The fourth-order valence-corrected chi connectivity index (χ4v) is 0.305. The van der Waals surface area contributed by atoms with Gasteiger partial charge in [0.25, 0.3) is 0 Å². The van der Waals surface area contributed by atoms with E-state index in [1.807, 2.05) is 0 Å². The number of carboxylic acid groups (broad SMARTS) is 1. The maximum atomic E-state index is 9.53. The van der Waals surface area contributed by atoms with Gasteiger partial charge in [-0.3, -0.25) is 9.79 Å². The van der Waals surface area contributed by atoms with Gasteiger partial charge in [-0.2, -0.15) is 0 Å². The van der Waals surface area contributed by atoms with Crippen molar-refractivity contribution < 1.29 is 49.0 Å². The van der Waals surface area contributed by atoms with Crippen LogP contribution in [0.3, 0.4) is 0 Å². The maximum Gasteiger partial charge on any atom is 2.00 e. The Hall–Kier alpha value is 1.21. The first-order valence-electron chi connectivity index (χ1n) is 1.40. The second-order valence-corrected chi connectivity index (χ2v) is 2.01. The number of hydrogen-bond acceptors (Lipinski definition) is 3. The molecule has 0 rings (SSSR count). The van der Waals surface area contributed by atoms with Gasteiger partial charge in [0.15, 0.2) is 0 Å². The number of rotatable bonds is 1. The zero-order chi connectivity index (χ0) is 6.78. The molecule has 0 saturated carbocycles. The average molecular weight is 236 g/mol. The van der Waals surface area contributed by atoms with Crippen LogP contribution in [0.5, 0.6) is 0 Å². The van der Waals surface area contributed by atoms with Crippen LogP contribution in [0.25, 0.3) is 0 Å². The van der Waals surface area contributed by atoms with Crippen molar-refractivity contribution in [1.29, 1.82) is 0 Å². The molecule has 58 valence electrons. The van der Waals surface area contributed by atoms with E-state index in [0.717, 1.165) is 0 Å². The summed E-state index contributed by atoms with van der Waals surface area (Å²) in [6.07, 6.45) is -1.99. The summed E-state index contributed by atoms with van der Waals surface area (Å²) in [7, 11) is -4.82.